The second-order valence-electron chi connectivity index (χ2n) is 13.0. The second-order valence-corrected chi connectivity index (χ2v) is 13.0. The average Bonchev–Trinajstić information content (AvgIpc) is 2.97. The van der Waals surface area contributed by atoms with Gasteiger partial charge in [0.2, 0.25) is 0 Å². The van der Waals surface area contributed by atoms with Crippen LogP contribution < -0.4 is 4.74 Å². The zero-order valence-electron chi connectivity index (χ0n) is 28.0. The molecule has 0 unspecified atom stereocenters. The van der Waals surface area contributed by atoms with Crippen molar-refractivity contribution >= 4 is 0 Å². The Morgan fingerprint density at radius 1 is 0.415 bits per heavy atom. The predicted octanol–water partition coefficient (Wildman–Crippen LogP) is 13.7. The van der Waals surface area contributed by atoms with E-state index in [0.717, 1.165) is 25.2 Å². The Morgan fingerprint density at radius 3 is 1.15 bits per heavy atom. The van der Waals surface area contributed by atoms with Crippen molar-refractivity contribution in [2.24, 2.45) is 0 Å². The molecule has 2 nitrogen and oxygen atoms in total. The third-order valence-corrected chi connectivity index (χ3v) is 8.79. The van der Waals surface area contributed by atoms with Crippen LogP contribution in [0.15, 0.2) is 18.2 Å². The van der Waals surface area contributed by atoms with E-state index < -0.39 is 0 Å². The zero-order chi connectivity index (χ0) is 29.5. The molecule has 0 bridgehead atoms. The first kappa shape index (κ1) is 37.8. The van der Waals surface area contributed by atoms with Crippen molar-refractivity contribution in [3.63, 3.8) is 0 Å². The number of ether oxygens (including phenoxy) is 1. The largest absolute Gasteiger partial charge is 0.508 e. The number of rotatable bonds is 32. The van der Waals surface area contributed by atoms with Gasteiger partial charge in [-0.15, -0.1) is 0 Å². The molecule has 0 heterocycles. The summed E-state index contributed by atoms with van der Waals surface area (Å²) in [5, 5.41) is 10.2. The molecule has 1 N–H and O–H groups in total. The molecule has 0 aliphatic rings. The number of hydrogen-bond acceptors (Lipinski definition) is 2. The molecule has 41 heavy (non-hydrogen) atoms. The second kappa shape index (κ2) is 30.3. The van der Waals surface area contributed by atoms with Gasteiger partial charge in [0.1, 0.15) is 11.5 Å². The molecule has 2 heteroatoms. The molecule has 0 spiro atoms. The van der Waals surface area contributed by atoms with Crippen molar-refractivity contribution in [3.05, 3.63) is 23.8 Å². The Morgan fingerprint density at radius 2 is 0.756 bits per heavy atom. The first-order chi connectivity index (χ1) is 20.3. The highest BCUT2D eigenvalue weighted by Crippen LogP contribution is 2.24. The van der Waals surface area contributed by atoms with Crippen molar-refractivity contribution in [2.45, 2.75) is 206 Å². The van der Waals surface area contributed by atoms with E-state index in [-0.39, 0.29) is 0 Å². The highest BCUT2D eigenvalue weighted by Gasteiger charge is 2.03. The topological polar surface area (TPSA) is 29.5 Å². The van der Waals surface area contributed by atoms with Crippen LogP contribution >= 0.6 is 0 Å². The molecule has 0 aromatic heterocycles. The predicted molar refractivity (Wildman–Crippen MR) is 183 cm³/mol. The Labute approximate surface area is 257 Å². The maximum atomic E-state index is 10.2. The van der Waals surface area contributed by atoms with Crippen molar-refractivity contribution in [3.8, 4) is 11.5 Å². The Kier molecular flexibility index (Phi) is 28.0. The Hall–Kier alpha value is -1.18. The van der Waals surface area contributed by atoms with Gasteiger partial charge in [0.05, 0.1) is 6.61 Å². The SMILES string of the molecule is CCCCCCCCCCCCCCCCCCOc1cc(O)cc(CCCCCCCCCCCCCCC)c1. The van der Waals surface area contributed by atoms with Crippen LogP contribution in [0.5, 0.6) is 11.5 Å². The van der Waals surface area contributed by atoms with E-state index in [0.29, 0.717) is 5.75 Å². The fourth-order valence-corrected chi connectivity index (χ4v) is 6.06. The van der Waals surface area contributed by atoms with Crippen molar-refractivity contribution in [1.82, 2.24) is 0 Å². The molecule has 0 saturated carbocycles. The molecular formula is C39H72O2. The number of aryl methyl sites for hydroxylation is 1. The van der Waals surface area contributed by atoms with Gasteiger partial charge < -0.3 is 9.84 Å². The smallest absolute Gasteiger partial charge is 0.123 e. The summed E-state index contributed by atoms with van der Waals surface area (Å²) in [4.78, 5) is 0. The summed E-state index contributed by atoms with van der Waals surface area (Å²) in [5.41, 5.74) is 1.22. The van der Waals surface area contributed by atoms with Gasteiger partial charge in [-0.2, -0.15) is 0 Å². The molecule has 0 fully saturated rings. The highest BCUT2D eigenvalue weighted by molar-refractivity contribution is 5.37. The third-order valence-electron chi connectivity index (χ3n) is 8.79. The number of hydrogen-bond donors (Lipinski definition) is 1. The van der Waals surface area contributed by atoms with Crippen molar-refractivity contribution in [2.75, 3.05) is 6.61 Å². The van der Waals surface area contributed by atoms with E-state index >= 15 is 0 Å². The fourth-order valence-electron chi connectivity index (χ4n) is 6.06. The maximum absolute atomic E-state index is 10.2. The molecular weight excluding hydrogens is 500 g/mol. The summed E-state index contributed by atoms with van der Waals surface area (Å²) >= 11 is 0. The summed E-state index contributed by atoms with van der Waals surface area (Å²) in [6, 6.07) is 5.84. The summed E-state index contributed by atoms with van der Waals surface area (Å²) in [6.07, 6.45) is 41.2. The van der Waals surface area contributed by atoms with Gasteiger partial charge in [-0.3, -0.25) is 0 Å². The lowest BCUT2D eigenvalue weighted by molar-refractivity contribution is 0.302. The summed E-state index contributed by atoms with van der Waals surface area (Å²) in [6.45, 7) is 5.35. The van der Waals surface area contributed by atoms with Crippen LogP contribution in [0.25, 0.3) is 0 Å². The number of benzene rings is 1. The lowest BCUT2D eigenvalue weighted by Gasteiger charge is -2.10. The highest BCUT2D eigenvalue weighted by atomic mass is 16.5. The minimum atomic E-state index is 0.346. The quantitative estimate of drug-likeness (QED) is 0.0870. The van der Waals surface area contributed by atoms with Crippen LogP contribution in [-0.4, -0.2) is 11.7 Å². The van der Waals surface area contributed by atoms with E-state index in [1.165, 1.54) is 185 Å². The molecule has 0 amide bonds. The van der Waals surface area contributed by atoms with E-state index in [2.05, 4.69) is 19.9 Å². The molecule has 0 atom stereocenters. The summed E-state index contributed by atoms with van der Waals surface area (Å²) in [5.74, 6) is 1.19. The first-order valence-electron chi connectivity index (χ1n) is 18.7. The van der Waals surface area contributed by atoms with E-state index in [4.69, 9.17) is 4.74 Å². The van der Waals surface area contributed by atoms with Crippen LogP contribution in [0.1, 0.15) is 206 Å². The van der Waals surface area contributed by atoms with E-state index in [9.17, 15) is 5.11 Å². The van der Waals surface area contributed by atoms with Gasteiger partial charge >= 0.3 is 0 Å². The van der Waals surface area contributed by atoms with Crippen LogP contribution in [0, 0.1) is 0 Å². The molecule has 1 aromatic rings. The lowest BCUT2D eigenvalue weighted by Crippen LogP contribution is -1.98. The van der Waals surface area contributed by atoms with E-state index in [1.807, 2.05) is 6.07 Å². The van der Waals surface area contributed by atoms with Crippen molar-refractivity contribution in [1.29, 1.82) is 0 Å². The van der Waals surface area contributed by atoms with Gasteiger partial charge in [-0.25, -0.2) is 0 Å². The molecule has 0 radical (unpaired) electrons. The number of phenols is 1. The molecule has 0 saturated heterocycles. The lowest BCUT2D eigenvalue weighted by atomic mass is 10.0. The number of aromatic hydroxyl groups is 1. The van der Waals surface area contributed by atoms with Gasteiger partial charge in [0.15, 0.2) is 0 Å². The van der Waals surface area contributed by atoms with Gasteiger partial charge in [0.25, 0.3) is 0 Å². The zero-order valence-corrected chi connectivity index (χ0v) is 28.0. The van der Waals surface area contributed by atoms with Crippen molar-refractivity contribution < 1.29 is 9.84 Å². The number of phenolic OH excluding ortho intramolecular Hbond substituents is 1. The monoisotopic (exact) mass is 573 g/mol. The molecule has 0 aliphatic heterocycles. The van der Waals surface area contributed by atoms with Crippen LogP contribution in [0.2, 0.25) is 0 Å². The van der Waals surface area contributed by atoms with Crippen LogP contribution in [0.4, 0.5) is 0 Å². The Balaban J connectivity index is 1.92. The molecule has 1 aromatic carbocycles. The van der Waals surface area contributed by atoms with Crippen LogP contribution in [0.3, 0.4) is 0 Å². The van der Waals surface area contributed by atoms with Crippen LogP contribution in [-0.2, 0) is 6.42 Å². The average molecular weight is 573 g/mol. The molecule has 0 aliphatic carbocycles. The fraction of sp³-hybridized carbons (Fsp3) is 0.846. The minimum Gasteiger partial charge on any atom is -0.508 e. The molecule has 1 rings (SSSR count). The van der Waals surface area contributed by atoms with Gasteiger partial charge in [-0.05, 0) is 37.0 Å². The van der Waals surface area contributed by atoms with Gasteiger partial charge in [-0.1, -0.05) is 187 Å². The van der Waals surface area contributed by atoms with Gasteiger partial charge in [0, 0.05) is 6.07 Å². The molecule has 240 valence electrons. The number of unbranched alkanes of at least 4 members (excludes halogenated alkanes) is 27. The maximum Gasteiger partial charge on any atom is 0.123 e. The Bertz CT molecular complexity index is 655. The summed E-state index contributed by atoms with van der Waals surface area (Å²) < 4.78 is 6.01. The third kappa shape index (κ3) is 26.2. The van der Waals surface area contributed by atoms with E-state index in [1.54, 1.807) is 6.07 Å². The summed E-state index contributed by atoms with van der Waals surface area (Å²) in [7, 11) is 0. The normalized spacial score (nSPS) is 11.4. The standard InChI is InChI=1S/C39H72O2/c1-3-5-7-9-11-13-15-17-18-19-21-23-25-27-29-31-33-41-39-35-37(34-38(40)36-39)32-30-28-26-24-22-20-16-14-12-10-8-6-4-2/h34-36,40H,3-33H2,1-2H3. The minimum absolute atomic E-state index is 0.346. The first-order valence-corrected chi connectivity index (χ1v) is 18.7.